The molecule has 1 unspecified atom stereocenters. The summed E-state index contributed by atoms with van der Waals surface area (Å²) in [6.07, 6.45) is 3.45. The smallest absolute Gasteiger partial charge is 0.358 e. The van der Waals surface area contributed by atoms with Gasteiger partial charge in [0.2, 0.25) is 0 Å². The summed E-state index contributed by atoms with van der Waals surface area (Å²) in [6.45, 7) is 0.499. The van der Waals surface area contributed by atoms with Gasteiger partial charge < -0.3 is 10.1 Å². The van der Waals surface area contributed by atoms with Gasteiger partial charge in [0.25, 0.3) is 0 Å². The maximum atomic E-state index is 11.3. The summed E-state index contributed by atoms with van der Waals surface area (Å²) in [5.41, 5.74) is 0.117. The SMILES string of the molecule is COC(=O)c1cncc(NCC2CCS(=O)(=O)C2)n1. The maximum absolute atomic E-state index is 11.3. The van der Waals surface area contributed by atoms with Gasteiger partial charge in [-0.3, -0.25) is 4.98 Å². The second-order valence-electron chi connectivity index (χ2n) is 4.43. The van der Waals surface area contributed by atoms with Crippen molar-refractivity contribution in [3.8, 4) is 0 Å². The molecule has 1 saturated heterocycles. The molecule has 1 aliphatic heterocycles. The molecule has 0 saturated carbocycles. The number of carbonyl (C=O) groups is 1. The van der Waals surface area contributed by atoms with E-state index in [2.05, 4.69) is 20.0 Å². The average molecular weight is 285 g/mol. The number of ether oxygens (including phenoxy) is 1. The molecule has 1 aliphatic rings. The van der Waals surface area contributed by atoms with Crippen molar-refractivity contribution in [2.75, 3.05) is 30.5 Å². The fraction of sp³-hybridized carbons (Fsp3) is 0.545. The van der Waals surface area contributed by atoms with E-state index in [1.54, 1.807) is 0 Å². The lowest BCUT2D eigenvalue weighted by Gasteiger charge is -2.10. The van der Waals surface area contributed by atoms with Crippen LogP contribution in [0.25, 0.3) is 0 Å². The Morgan fingerprint density at radius 2 is 2.32 bits per heavy atom. The first kappa shape index (κ1) is 13.7. The molecule has 1 aromatic heterocycles. The molecule has 1 atom stereocenters. The van der Waals surface area contributed by atoms with E-state index in [4.69, 9.17) is 0 Å². The van der Waals surface area contributed by atoms with Gasteiger partial charge in [0.1, 0.15) is 5.82 Å². The van der Waals surface area contributed by atoms with Crippen molar-refractivity contribution in [2.45, 2.75) is 6.42 Å². The third-order valence-electron chi connectivity index (χ3n) is 2.93. The minimum Gasteiger partial charge on any atom is -0.464 e. The molecule has 0 amide bonds. The molecule has 0 spiro atoms. The van der Waals surface area contributed by atoms with E-state index in [1.807, 2.05) is 0 Å². The molecule has 1 N–H and O–H groups in total. The van der Waals surface area contributed by atoms with E-state index in [-0.39, 0.29) is 23.1 Å². The van der Waals surface area contributed by atoms with Gasteiger partial charge in [0.05, 0.1) is 31.0 Å². The van der Waals surface area contributed by atoms with E-state index in [9.17, 15) is 13.2 Å². The van der Waals surface area contributed by atoms with Gasteiger partial charge in [-0.05, 0) is 12.3 Å². The van der Waals surface area contributed by atoms with Crippen LogP contribution in [0.1, 0.15) is 16.9 Å². The first-order valence-electron chi connectivity index (χ1n) is 5.85. The number of sulfone groups is 1. The zero-order chi connectivity index (χ0) is 13.9. The lowest BCUT2D eigenvalue weighted by Crippen LogP contribution is -2.17. The van der Waals surface area contributed by atoms with E-state index in [0.29, 0.717) is 18.8 Å². The fourth-order valence-corrected chi connectivity index (χ4v) is 3.80. The zero-order valence-electron chi connectivity index (χ0n) is 10.5. The van der Waals surface area contributed by atoms with Crippen LogP contribution in [0.3, 0.4) is 0 Å². The molecular weight excluding hydrogens is 270 g/mol. The predicted molar refractivity (Wildman–Crippen MR) is 68.6 cm³/mol. The number of rotatable bonds is 4. The van der Waals surface area contributed by atoms with Crippen LogP contribution in [-0.4, -0.2) is 49.5 Å². The summed E-state index contributed by atoms with van der Waals surface area (Å²) in [5, 5.41) is 3.00. The fourth-order valence-electron chi connectivity index (χ4n) is 1.94. The Morgan fingerprint density at radius 1 is 1.53 bits per heavy atom. The molecule has 2 heterocycles. The Balaban J connectivity index is 1.95. The van der Waals surface area contributed by atoms with Crippen LogP contribution >= 0.6 is 0 Å². The van der Waals surface area contributed by atoms with Crippen molar-refractivity contribution in [1.82, 2.24) is 9.97 Å². The first-order valence-corrected chi connectivity index (χ1v) is 7.67. The number of methoxy groups -OCH3 is 1. The molecule has 0 aromatic carbocycles. The number of esters is 1. The van der Waals surface area contributed by atoms with Gasteiger partial charge in [-0.1, -0.05) is 0 Å². The van der Waals surface area contributed by atoms with Crippen molar-refractivity contribution in [3.05, 3.63) is 18.1 Å². The van der Waals surface area contributed by atoms with Crippen molar-refractivity contribution in [2.24, 2.45) is 5.92 Å². The Kier molecular flexibility index (Phi) is 3.98. The van der Waals surface area contributed by atoms with Crippen LogP contribution in [0, 0.1) is 5.92 Å². The predicted octanol–water partition coefficient (Wildman–Crippen LogP) is 0.110. The molecule has 0 bridgehead atoms. The number of nitrogens with one attached hydrogen (secondary N) is 1. The monoisotopic (exact) mass is 285 g/mol. The number of nitrogens with zero attached hydrogens (tertiary/aromatic N) is 2. The molecule has 1 fully saturated rings. The van der Waals surface area contributed by atoms with Crippen molar-refractivity contribution >= 4 is 21.6 Å². The van der Waals surface area contributed by atoms with Crippen LogP contribution in [0.15, 0.2) is 12.4 Å². The second kappa shape index (κ2) is 5.52. The Morgan fingerprint density at radius 3 is 2.95 bits per heavy atom. The van der Waals surface area contributed by atoms with Crippen LogP contribution in [0.2, 0.25) is 0 Å². The third-order valence-corrected chi connectivity index (χ3v) is 4.76. The molecule has 2 rings (SSSR count). The quantitative estimate of drug-likeness (QED) is 0.784. The molecule has 7 nitrogen and oxygen atoms in total. The standard InChI is InChI=1S/C11H15N3O4S/c1-18-11(15)9-5-12-6-10(14-9)13-4-8-2-3-19(16,17)7-8/h5-6,8H,2-4,7H2,1H3,(H,13,14). The van der Waals surface area contributed by atoms with Crippen molar-refractivity contribution in [1.29, 1.82) is 0 Å². The number of hydrogen-bond donors (Lipinski definition) is 1. The summed E-state index contributed by atoms with van der Waals surface area (Å²) < 4.78 is 27.2. The Bertz CT molecular complexity index is 573. The van der Waals surface area contributed by atoms with Crippen LogP contribution in [-0.2, 0) is 14.6 Å². The number of anilines is 1. The number of hydrogen-bond acceptors (Lipinski definition) is 7. The summed E-state index contributed by atoms with van der Waals surface area (Å²) in [5.74, 6) is 0.400. The molecule has 8 heteroatoms. The normalized spacial score (nSPS) is 21.0. The van der Waals surface area contributed by atoms with Crippen molar-refractivity contribution < 1.29 is 17.9 Å². The highest BCUT2D eigenvalue weighted by atomic mass is 32.2. The summed E-state index contributed by atoms with van der Waals surface area (Å²) in [6, 6.07) is 0. The van der Waals surface area contributed by atoms with Crippen LogP contribution < -0.4 is 5.32 Å². The van der Waals surface area contributed by atoms with E-state index >= 15 is 0 Å². The minimum absolute atomic E-state index is 0.0774. The van der Waals surface area contributed by atoms with E-state index in [1.165, 1.54) is 19.5 Å². The lowest BCUT2D eigenvalue weighted by molar-refractivity contribution is 0.0593. The number of aromatic nitrogens is 2. The topological polar surface area (TPSA) is 98.2 Å². The second-order valence-corrected chi connectivity index (χ2v) is 6.66. The van der Waals surface area contributed by atoms with Crippen LogP contribution in [0.4, 0.5) is 5.82 Å². The minimum atomic E-state index is -2.88. The zero-order valence-corrected chi connectivity index (χ0v) is 11.3. The van der Waals surface area contributed by atoms with E-state index in [0.717, 1.165) is 0 Å². The molecule has 1 aromatic rings. The summed E-state index contributed by atoms with van der Waals surface area (Å²) >= 11 is 0. The third kappa shape index (κ3) is 3.63. The molecular formula is C11H15N3O4S. The lowest BCUT2D eigenvalue weighted by atomic mass is 10.1. The average Bonchev–Trinajstić information content (AvgIpc) is 2.75. The highest BCUT2D eigenvalue weighted by Gasteiger charge is 2.27. The largest absolute Gasteiger partial charge is 0.464 e. The summed E-state index contributed by atoms with van der Waals surface area (Å²) in [4.78, 5) is 19.2. The van der Waals surface area contributed by atoms with Gasteiger partial charge >= 0.3 is 5.97 Å². The van der Waals surface area contributed by atoms with Crippen LogP contribution in [0.5, 0.6) is 0 Å². The van der Waals surface area contributed by atoms with Gasteiger partial charge in [-0.2, -0.15) is 0 Å². The van der Waals surface area contributed by atoms with Gasteiger partial charge in [-0.15, -0.1) is 0 Å². The molecule has 19 heavy (non-hydrogen) atoms. The highest BCUT2D eigenvalue weighted by Crippen LogP contribution is 2.18. The first-order chi connectivity index (χ1) is 9.00. The Hall–Kier alpha value is -1.70. The number of carbonyl (C=O) groups excluding carboxylic acids is 1. The van der Waals surface area contributed by atoms with Crippen molar-refractivity contribution in [3.63, 3.8) is 0 Å². The summed E-state index contributed by atoms with van der Waals surface area (Å²) in [7, 11) is -1.60. The molecule has 0 radical (unpaired) electrons. The van der Waals surface area contributed by atoms with Gasteiger partial charge in [-0.25, -0.2) is 18.2 Å². The molecule has 104 valence electrons. The Labute approximate surface area is 111 Å². The van der Waals surface area contributed by atoms with Gasteiger partial charge in [0.15, 0.2) is 15.5 Å². The maximum Gasteiger partial charge on any atom is 0.358 e. The van der Waals surface area contributed by atoms with E-state index < -0.39 is 15.8 Å². The highest BCUT2D eigenvalue weighted by molar-refractivity contribution is 7.91. The molecule has 0 aliphatic carbocycles. The van der Waals surface area contributed by atoms with Gasteiger partial charge in [0, 0.05) is 6.54 Å².